The number of nitrogens with one attached hydrogen (secondary N) is 1. The molecule has 0 radical (unpaired) electrons. The summed E-state index contributed by atoms with van der Waals surface area (Å²) in [5.74, 6) is -1.57. The second kappa shape index (κ2) is 8.34. The van der Waals surface area contributed by atoms with Crippen LogP contribution in [0.25, 0.3) is 0 Å². The van der Waals surface area contributed by atoms with Gasteiger partial charge in [-0.1, -0.05) is 0 Å². The number of ether oxygens (including phenoxy) is 1. The van der Waals surface area contributed by atoms with Gasteiger partial charge in [0.05, 0.1) is 18.1 Å². The highest BCUT2D eigenvalue weighted by Gasteiger charge is 2.20. The number of rotatable bonds is 7. The van der Waals surface area contributed by atoms with Crippen LogP contribution in [0.1, 0.15) is 18.5 Å². The molecule has 1 amide bonds. The van der Waals surface area contributed by atoms with Crippen molar-refractivity contribution in [2.75, 3.05) is 19.0 Å². The van der Waals surface area contributed by atoms with Crippen molar-refractivity contribution < 1.29 is 28.6 Å². The van der Waals surface area contributed by atoms with Crippen LogP contribution < -0.4 is 15.4 Å². The number of carbonyl (C=O) groups is 1. The van der Waals surface area contributed by atoms with E-state index in [2.05, 4.69) is 5.32 Å². The van der Waals surface area contributed by atoms with Crippen LogP contribution in [0.2, 0.25) is 0 Å². The van der Waals surface area contributed by atoms with Gasteiger partial charge in [0.1, 0.15) is 29.1 Å². The Morgan fingerprint density at radius 3 is 2.65 bits per heavy atom. The number of nitro groups is 1. The maximum absolute atomic E-state index is 13.7. The van der Waals surface area contributed by atoms with E-state index in [0.29, 0.717) is 5.75 Å². The number of hydrogen-bond acceptors (Lipinski definition) is 4. The molecule has 1 atom stereocenters. The third-order valence-electron chi connectivity index (χ3n) is 3.79. The number of benzene rings is 2. The Labute approximate surface area is 148 Å². The minimum absolute atomic E-state index is 0.0369. The summed E-state index contributed by atoms with van der Waals surface area (Å²) in [5.41, 5.74) is -0.000212. The Bertz CT molecular complexity index is 830. The van der Waals surface area contributed by atoms with E-state index in [0.717, 1.165) is 12.1 Å². The van der Waals surface area contributed by atoms with Gasteiger partial charge in [-0.2, -0.15) is 0 Å². The zero-order chi connectivity index (χ0) is 19.3. The second-order valence-electron chi connectivity index (χ2n) is 5.58. The number of halogens is 2. The number of anilines is 1. The summed E-state index contributed by atoms with van der Waals surface area (Å²) in [7, 11) is 1.38. The molecule has 2 rings (SSSR count). The van der Waals surface area contributed by atoms with Gasteiger partial charge in [-0.05, 0) is 31.2 Å². The van der Waals surface area contributed by atoms with E-state index < -0.39 is 28.5 Å². The molecule has 7 nitrogen and oxygen atoms in total. The first-order valence-electron chi connectivity index (χ1n) is 7.72. The fourth-order valence-corrected chi connectivity index (χ4v) is 2.38. The Balaban J connectivity index is 2.02. The minimum atomic E-state index is -0.694. The molecule has 0 spiro atoms. The van der Waals surface area contributed by atoms with Gasteiger partial charge in [0.25, 0.3) is 11.6 Å². The molecule has 0 aliphatic heterocycles. The van der Waals surface area contributed by atoms with E-state index in [1.165, 1.54) is 31.4 Å². The number of hydrogen-bond donors (Lipinski definition) is 2. The molecular formula is C17H18F2N3O4+. The fraction of sp³-hybridized carbons (Fsp3) is 0.235. The number of nitrogens with zero attached hydrogens (tertiary/aromatic N) is 1. The monoisotopic (exact) mass is 366 g/mol. The molecule has 9 heteroatoms. The van der Waals surface area contributed by atoms with Gasteiger partial charge in [0, 0.05) is 11.6 Å². The number of amides is 1. The van der Waals surface area contributed by atoms with E-state index in [9.17, 15) is 23.7 Å². The van der Waals surface area contributed by atoms with E-state index in [1.807, 2.05) is 0 Å². The van der Waals surface area contributed by atoms with Crippen molar-refractivity contribution in [3.8, 4) is 5.75 Å². The molecule has 0 saturated carbocycles. The van der Waals surface area contributed by atoms with Gasteiger partial charge in [-0.3, -0.25) is 14.9 Å². The standard InChI is InChI=1S/C17H17F2N3O4/c1-10(13-5-3-11(18)7-14(13)19)20-9-17(23)21-15-6-4-12(26-2)8-16(15)22(24)25/h3-8,10,20H,9H2,1-2H3,(H,21,23)/p+1/t10-/m0/s1. The maximum atomic E-state index is 13.7. The summed E-state index contributed by atoms with van der Waals surface area (Å²) in [6.07, 6.45) is 0. The van der Waals surface area contributed by atoms with Crippen molar-refractivity contribution in [2.24, 2.45) is 0 Å². The number of nitrogens with two attached hydrogens (primary N) is 1. The SMILES string of the molecule is COc1ccc(NC(=O)C[NH2+][C@@H](C)c2ccc(F)cc2F)c([N+](=O)[O-])c1. The Kier molecular flexibility index (Phi) is 6.18. The normalized spacial score (nSPS) is 11.7. The van der Waals surface area contributed by atoms with Crippen LogP contribution in [-0.4, -0.2) is 24.5 Å². The molecule has 2 aromatic rings. The fourth-order valence-electron chi connectivity index (χ4n) is 2.38. The Morgan fingerprint density at radius 2 is 2.04 bits per heavy atom. The first-order chi connectivity index (χ1) is 12.3. The highest BCUT2D eigenvalue weighted by molar-refractivity contribution is 5.93. The largest absolute Gasteiger partial charge is 0.496 e. The summed E-state index contributed by atoms with van der Waals surface area (Å²) in [4.78, 5) is 22.5. The summed E-state index contributed by atoms with van der Waals surface area (Å²) in [6, 6.07) is 6.87. The first kappa shape index (κ1) is 19.3. The van der Waals surface area contributed by atoms with Gasteiger partial charge in [-0.15, -0.1) is 0 Å². The molecule has 0 fully saturated rings. The molecule has 0 aliphatic carbocycles. The first-order valence-corrected chi connectivity index (χ1v) is 7.72. The van der Waals surface area contributed by atoms with Crippen molar-refractivity contribution in [2.45, 2.75) is 13.0 Å². The summed E-state index contributed by atoms with van der Waals surface area (Å²) < 4.78 is 31.6. The van der Waals surface area contributed by atoms with Crippen LogP contribution in [0.3, 0.4) is 0 Å². The molecular weight excluding hydrogens is 348 g/mol. The van der Waals surface area contributed by atoms with Crippen molar-refractivity contribution in [1.82, 2.24) is 0 Å². The molecule has 0 unspecified atom stereocenters. The lowest BCUT2D eigenvalue weighted by atomic mass is 10.1. The third kappa shape index (κ3) is 4.73. The number of nitro benzene ring substituents is 1. The maximum Gasteiger partial charge on any atom is 0.296 e. The predicted molar refractivity (Wildman–Crippen MR) is 89.8 cm³/mol. The zero-order valence-corrected chi connectivity index (χ0v) is 14.2. The lowest BCUT2D eigenvalue weighted by molar-refractivity contribution is -0.682. The van der Waals surface area contributed by atoms with Crippen LogP contribution in [0.5, 0.6) is 5.75 Å². The average molecular weight is 366 g/mol. The lowest BCUT2D eigenvalue weighted by Crippen LogP contribution is -2.86. The predicted octanol–water partition coefficient (Wildman–Crippen LogP) is 2.14. The molecule has 0 aliphatic rings. The van der Waals surface area contributed by atoms with Crippen LogP contribution in [0.15, 0.2) is 36.4 Å². The van der Waals surface area contributed by atoms with Gasteiger partial charge in [0.15, 0.2) is 6.54 Å². The third-order valence-corrected chi connectivity index (χ3v) is 3.79. The van der Waals surface area contributed by atoms with E-state index in [-0.39, 0.29) is 23.5 Å². The quantitative estimate of drug-likeness (QED) is 0.579. The molecule has 0 bridgehead atoms. The molecule has 2 aromatic carbocycles. The number of methoxy groups -OCH3 is 1. The Morgan fingerprint density at radius 1 is 1.31 bits per heavy atom. The molecule has 26 heavy (non-hydrogen) atoms. The van der Waals surface area contributed by atoms with Crippen molar-refractivity contribution in [3.63, 3.8) is 0 Å². The molecule has 138 valence electrons. The number of carbonyl (C=O) groups excluding carboxylic acids is 1. The van der Waals surface area contributed by atoms with Crippen LogP contribution in [0, 0.1) is 21.7 Å². The second-order valence-corrected chi connectivity index (χ2v) is 5.58. The Hall–Kier alpha value is -3.07. The molecule has 0 heterocycles. The highest BCUT2D eigenvalue weighted by atomic mass is 19.1. The van der Waals surface area contributed by atoms with E-state index in [4.69, 9.17) is 4.74 Å². The summed E-state index contributed by atoms with van der Waals surface area (Å²) >= 11 is 0. The number of quaternary nitrogens is 1. The van der Waals surface area contributed by atoms with Gasteiger partial charge in [-0.25, -0.2) is 8.78 Å². The van der Waals surface area contributed by atoms with Gasteiger partial charge in [0.2, 0.25) is 0 Å². The lowest BCUT2D eigenvalue weighted by Gasteiger charge is -2.12. The molecule has 3 N–H and O–H groups in total. The van der Waals surface area contributed by atoms with Crippen LogP contribution >= 0.6 is 0 Å². The van der Waals surface area contributed by atoms with E-state index >= 15 is 0 Å². The van der Waals surface area contributed by atoms with Crippen LogP contribution in [-0.2, 0) is 4.79 Å². The highest BCUT2D eigenvalue weighted by Crippen LogP contribution is 2.28. The van der Waals surface area contributed by atoms with Crippen molar-refractivity contribution in [3.05, 3.63) is 63.7 Å². The van der Waals surface area contributed by atoms with Crippen molar-refractivity contribution in [1.29, 1.82) is 0 Å². The smallest absolute Gasteiger partial charge is 0.296 e. The van der Waals surface area contributed by atoms with Gasteiger partial charge < -0.3 is 15.4 Å². The summed E-state index contributed by atoms with van der Waals surface area (Å²) in [6.45, 7) is 1.57. The summed E-state index contributed by atoms with van der Waals surface area (Å²) in [5, 5.41) is 15.1. The topological polar surface area (TPSA) is 98.1 Å². The average Bonchev–Trinajstić information content (AvgIpc) is 2.59. The van der Waals surface area contributed by atoms with Gasteiger partial charge >= 0.3 is 0 Å². The zero-order valence-electron chi connectivity index (χ0n) is 14.2. The molecule has 0 saturated heterocycles. The van der Waals surface area contributed by atoms with E-state index in [1.54, 1.807) is 12.2 Å². The molecule has 0 aromatic heterocycles. The van der Waals surface area contributed by atoms with Crippen molar-refractivity contribution >= 4 is 17.3 Å². The van der Waals surface area contributed by atoms with Crippen LogP contribution in [0.4, 0.5) is 20.2 Å². The minimum Gasteiger partial charge on any atom is -0.496 e.